The zero-order valence-corrected chi connectivity index (χ0v) is 29.1. The first-order valence-electron chi connectivity index (χ1n) is 16.2. The van der Waals surface area contributed by atoms with Crippen LogP contribution in [0.25, 0.3) is 31.8 Å². The molecule has 3 fully saturated rings. The average molecular weight is 723 g/mol. The second-order valence-electron chi connectivity index (χ2n) is 13.8. The average Bonchev–Trinajstić information content (AvgIpc) is 3.95. The second kappa shape index (κ2) is 12.3. The number of rotatable bonds is 9. The monoisotopic (exact) mass is 722 g/mol. The molecule has 7 rings (SSSR count). The Morgan fingerprint density at radius 1 is 1.16 bits per heavy atom. The Kier molecular flexibility index (Phi) is 8.28. The van der Waals surface area contributed by atoms with Gasteiger partial charge in [-0.2, -0.15) is 4.98 Å². The summed E-state index contributed by atoms with van der Waals surface area (Å²) in [5.74, 6) is -2.11. The molecular weight excluding hydrogens is 688 g/mol. The molecule has 1 aromatic carbocycles. The molecule has 0 radical (unpaired) electrons. The van der Waals surface area contributed by atoms with Crippen LogP contribution in [0, 0.1) is 11.7 Å². The number of likely N-dealkylation sites (tertiary alicyclic amines) is 1. The Morgan fingerprint density at radius 3 is 2.62 bits per heavy atom. The van der Waals surface area contributed by atoms with Crippen molar-refractivity contribution in [2.75, 3.05) is 6.54 Å². The van der Waals surface area contributed by atoms with E-state index in [4.69, 9.17) is 14.5 Å². The van der Waals surface area contributed by atoms with E-state index >= 15 is 0 Å². The number of hydrogen-bond donors (Lipinski definition) is 2. The van der Waals surface area contributed by atoms with E-state index in [1.165, 1.54) is 34.4 Å². The van der Waals surface area contributed by atoms with Crippen LogP contribution in [-0.4, -0.2) is 81.3 Å². The molecule has 2 aliphatic carbocycles. The van der Waals surface area contributed by atoms with Crippen LogP contribution in [0.3, 0.4) is 0 Å². The molecule has 50 heavy (non-hydrogen) atoms. The minimum Gasteiger partial charge on any atom is -0.471 e. The number of halogens is 1. The van der Waals surface area contributed by atoms with E-state index in [0.717, 1.165) is 5.39 Å². The highest BCUT2D eigenvalue weighted by molar-refractivity contribution is 7.91. The molecule has 3 aromatic heterocycles. The number of pyridine rings is 1. The number of fused-ring (bicyclic) bond motifs is 3. The summed E-state index contributed by atoms with van der Waals surface area (Å²) in [6, 6.07) is 8.36. The molecule has 3 aliphatic rings. The first kappa shape index (κ1) is 33.8. The third-order valence-electron chi connectivity index (χ3n) is 8.86. The largest absolute Gasteiger partial charge is 0.471 e. The Balaban J connectivity index is 1.20. The predicted octanol–water partition coefficient (Wildman–Crippen LogP) is 4.47. The van der Waals surface area contributed by atoms with Gasteiger partial charge in [-0.3, -0.25) is 19.2 Å². The lowest BCUT2D eigenvalue weighted by atomic mass is 10.1. The van der Waals surface area contributed by atoms with Gasteiger partial charge in [-0.15, -0.1) is 17.9 Å². The van der Waals surface area contributed by atoms with Gasteiger partial charge in [0, 0.05) is 29.5 Å². The summed E-state index contributed by atoms with van der Waals surface area (Å²) in [6.07, 6.45) is 2.66. The van der Waals surface area contributed by atoms with Crippen molar-refractivity contribution in [3.8, 4) is 17.3 Å². The highest BCUT2D eigenvalue weighted by atomic mass is 32.2. The standard InChI is InChI=1S/C34H35FN6O7S2/c1-5-19-16-34(19,31(43)40-50(45,46)22-11-12-22)39-28(42)24-15-21(17-41(24)32(44)48-33(2,3)4)47-29-26-25(23-10-7-13-36-30(23)49-26)37-27(38-29)18-8-6-9-20(35)14-18/h5-10,13-14,19,21-22,24H,1,11-12,15-17H2,2-4H3,(H,39,42)(H,40,43)/t19-,21-,24+,34-/m1/s1. The van der Waals surface area contributed by atoms with Crippen LogP contribution >= 0.6 is 11.3 Å². The topological polar surface area (TPSA) is 170 Å². The van der Waals surface area contributed by atoms with Gasteiger partial charge in [0.15, 0.2) is 5.82 Å². The van der Waals surface area contributed by atoms with E-state index in [1.807, 2.05) is 6.07 Å². The number of nitrogens with one attached hydrogen (secondary N) is 2. The number of sulfonamides is 1. The second-order valence-corrected chi connectivity index (χ2v) is 16.8. The van der Waals surface area contributed by atoms with Crippen LogP contribution in [0.1, 0.15) is 46.5 Å². The molecule has 0 unspecified atom stereocenters. The third-order valence-corrected chi connectivity index (χ3v) is 11.8. The van der Waals surface area contributed by atoms with Gasteiger partial charge in [0.05, 0.1) is 17.3 Å². The minimum absolute atomic E-state index is 0.00809. The van der Waals surface area contributed by atoms with Crippen LogP contribution in [0.15, 0.2) is 55.3 Å². The van der Waals surface area contributed by atoms with E-state index in [-0.39, 0.29) is 31.1 Å². The molecule has 4 aromatic rings. The number of nitrogens with zero attached hydrogens (tertiary/aromatic N) is 4. The fourth-order valence-electron chi connectivity index (χ4n) is 6.12. The normalized spacial score (nSPS) is 23.4. The van der Waals surface area contributed by atoms with E-state index in [1.54, 1.807) is 45.2 Å². The van der Waals surface area contributed by atoms with Gasteiger partial charge in [-0.25, -0.2) is 27.6 Å². The molecule has 262 valence electrons. The summed E-state index contributed by atoms with van der Waals surface area (Å²) in [7, 11) is -3.88. The zero-order chi connectivity index (χ0) is 35.6. The minimum atomic E-state index is -3.88. The Hall–Kier alpha value is -4.70. The van der Waals surface area contributed by atoms with Crippen molar-refractivity contribution in [2.45, 2.75) is 75.0 Å². The number of benzene rings is 1. The zero-order valence-electron chi connectivity index (χ0n) is 27.5. The summed E-state index contributed by atoms with van der Waals surface area (Å²) < 4.78 is 54.3. The molecule has 0 bridgehead atoms. The molecule has 13 nitrogen and oxygen atoms in total. The lowest BCUT2D eigenvalue weighted by Crippen LogP contribution is -2.56. The molecule has 4 atom stereocenters. The van der Waals surface area contributed by atoms with Crippen LogP contribution in [-0.2, 0) is 24.3 Å². The van der Waals surface area contributed by atoms with E-state index in [2.05, 4.69) is 26.6 Å². The first-order chi connectivity index (χ1) is 23.7. The fourth-order valence-corrected chi connectivity index (χ4v) is 8.50. The first-order valence-corrected chi connectivity index (χ1v) is 18.5. The van der Waals surface area contributed by atoms with Crippen molar-refractivity contribution in [3.05, 3.63) is 61.1 Å². The number of amides is 3. The van der Waals surface area contributed by atoms with Gasteiger partial charge < -0.3 is 14.8 Å². The predicted molar refractivity (Wildman–Crippen MR) is 183 cm³/mol. The Labute approximate surface area is 291 Å². The van der Waals surface area contributed by atoms with Crippen molar-refractivity contribution in [2.24, 2.45) is 5.92 Å². The maximum atomic E-state index is 14.2. The number of carbonyl (C=O) groups is 3. The van der Waals surface area contributed by atoms with E-state index in [9.17, 15) is 27.2 Å². The molecule has 0 spiro atoms. The number of aromatic nitrogens is 3. The van der Waals surface area contributed by atoms with Gasteiger partial charge in [-0.05, 0) is 64.3 Å². The van der Waals surface area contributed by atoms with Gasteiger partial charge in [0.1, 0.15) is 38.6 Å². The molecule has 1 aliphatic heterocycles. The molecular formula is C34H35FN6O7S2. The summed E-state index contributed by atoms with van der Waals surface area (Å²) in [5.41, 5.74) is -1.45. The molecule has 2 N–H and O–H groups in total. The summed E-state index contributed by atoms with van der Waals surface area (Å²) >= 11 is 1.31. The van der Waals surface area contributed by atoms with Gasteiger partial charge in [0.2, 0.25) is 21.8 Å². The van der Waals surface area contributed by atoms with Gasteiger partial charge in [0.25, 0.3) is 5.91 Å². The molecule has 2 saturated carbocycles. The highest BCUT2D eigenvalue weighted by Gasteiger charge is 2.62. The van der Waals surface area contributed by atoms with Crippen LogP contribution in [0.4, 0.5) is 9.18 Å². The third kappa shape index (κ3) is 6.49. The summed E-state index contributed by atoms with van der Waals surface area (Å²) in [5, 5.41) is 2.87. The smallest absolute Gasteiger partial charge is 0.411 e. The van der Waals surface area contributed by atoms with Crippen molar-refractivity contribution in [1.29, 1.82) is 0 Å². The van der Waals surface area contributed by atoms with Crippen molar-refractivity contribution in [1.82, 2.24) is 29.9 Å². The Morgan fingerprint density at radius 2 is 1.94 bits per heavy atom. The SMILES string of the molecule is C=C[C@@H]1C[C@]1(NC(=O)[C@@H]1C[C@@H](Oc2nc(-c3cccc(F)c3)nc3c2sc2ncccc23)CN1C(=O)OC(C)(C)C)C(=O)NS(=O)(=O)C1CC1. The van der Waals surface area contributed by atoms with Crippen molar-refractivity contribution < 1.29 is 36.7 Å². The maximum absolute atomic E-state index is 14.2. The quantitative estimate of drug-likeness (QED) is 0.235. The molecule has 16 heteroatoms. The maximum Gasteiger partial charge on any atom is 0.411 e. The number of thiophene rings is 1. The van der Waals surface area contributed by atoms with E-state index in [0.29, 0.717) is 33.5 Å². The lowest BCUT2D eigenvalue weighted by molar-refractivity contribution is -0.131. The summed E-state index contributed by atoms with van der Waals surface area (Å²) in [4.78, 5) is 56.6. The lowest BCUT2D eigenvalue weighted by Gasteiger charge is -2.29. The fraction of sp³-hybridized carbons (Fsp3) is 0.412. The number of carbonyl (C=O) groups excluding carboxylic acids is 3. The summed E-state index contributed by atoms with van der Waals surface area (Å²) in [6.45, 7) is 8.77. The van der Waals surface area contributed by atoms with Crippen LogP contribution in [0.2, 0.25) is 0 Å². The van der Waals surface area contributed by atoms with Crippen molar-refractivity contribution >= 4 is 59.7 Å². The molecule has 4 heterocycles. The molecule has 1 saturated heterocycles. The molecule has 3 amide bonds. The van der Waals surface area contributed by atoms with E-state index < -0.39 is 68.2 Å². The number of hydrogen-bond acceptors (Lipinski definition) is 11. The van der Waals surface area contributed by atoms with Crippen LogP contribution < -0.4 is 14.8 Å². The van der Waals surface area contributed by atoms with Crippen LogP contribution in [0.5, 0.6) is 5.88 Å². The van der Waals surface area contributed by atoms with Gasteiger partial charge in [-0.1, -0.05) is 18.2 Å². The Bertz CT molecular complexity index is 2170. The number of ether oxygens (including phenoxy) is 2. The highest BCUT2D eigenvalue weighted by Crippen LogP contribution is 2.46. The van der Waals surface area contributed by atoms with Gasteiger partial charge >= 0.3 is 6.09 Å². The van der Waals surface area contributed by atoms with Crippen molar-refractivity contribution in [3.63, 3.8) is 0 Å².